The van der Waals surface area contributed by atoms with E-state index in [0.717, 1.165) is 11.8 Å². The van der Waals surface area contributed by atoms with Gasteiger partial charge in [0.2, 0.25) is 0 Å². The number of benzene rings is 2. The summed E-state index contributed by atoms with van der Waals surface area (Å²) in [6.45, 7) is 0. The van der Waals surface area contributed by atoms with Crippen molar-refractivity contribution in [3.05, 3.63) is 64.6 Å². The van der Waals surface area contributed by atoms with E-state index in [9.17, 15) is 24.9 Å². The highest BCUT2D eigenvalue weighted by molar-refractivity contribution is 8.26. The number of amides is 1. The van der Waals surface area contributed by atoms with Crippen molar-refractivity contribution >= 4 is 46.3 Å². The minimum Gasteiger partial charge on any atom is -0.504 e. The summed E-state index contributed by atoms with van der Waals surface area (Å²) >= 11 is 6.40. The number of carbonyl (C=O) groups is 2. The predicted molar refractivity (Wildman–Crippen MR) is 106 cm³/mol. The molecule has 3 N–H and O–H groups in total. The number of carboxylic acids is 1. The third-order valence-electron chi connectivity index (χ3n) is 3.98. The average Bonchev–Trinajstić information content (AvgIpc) is 2.90. The first kappa shape index (κ1) is 18.9. The van der Waals surface area contributed by atoms with E-state index in [1.54, 1.807) is 36.4 Å². The number of thioether (sulfide) groups is 1. The lowest BCUT2D eigenvalue weighted by Gasteiger charge is -2.26. The maximum Gasteiger partial charge on any atom is 0.305 e. The molecule has 1 aliphatic heterocycles. The number of thiocarbonyl (C=S) groups is 1. The topological polar surface area (TPSA) is 98.1 Å². The van der Waals surface area contributed by atoms with Crippen LogP contribution in [0.3, 0.4) is 0 Å². The minimum absolute atomic E-state index is 0.259. The fourth-order valence-electron chi connectivity index (χ4n) is 2.73. The molecule has 0 aliphatic carbocycles. The molecule has 1 fully saturated rings. The molecule has 1 saturated heterocycles. The Hall–Kier alpha value is -2.84. The lowest BCUT2D eigenvalue weighted by atomic mass is 10.0. The number of aromatic hydroxyl groups is 2. The van der Waals surface area contributed by atoms with Gasteiger partial charge in [0.15, 0.2) is 11.5 Å². The highest BCUT2D eigenvalue weighted by atomic mass is 32.2. The van der Waals surface area contributed by atoms with Gasteiger partial charge in [-0.15, -0.1) is 0 Å². The number of hydrogen-bond donors (Lipinski definition) is 3. The van der Waals surface area contributed by atoms with Crippen molar-refractivity contribution in [1.29, 1.82) is 0 Å². The van der Waals surface area contributed by atoms with Crippen molar-refractivity contribution in [2.24, 2.45) is 0 Å². The average molecular weight is 401 g/mol. The Labute approximate surface area is 164 Å². The number of hydrogen-bond acceptors (Lipinski definition) is 6. The fraction of sp³-hybridized carbons (Fsp3) is 0.105. The number of carboxylic acid groups (broad SMARTS) is 1. The zero-order chi connectivity index (χ0) is 19.6. The third kappa shape index (κ3) is 4.12. The molecule has 0 bridgehead atoms. The largest absolute Gasteiger partial charge is 0.504 e. The van der Waals surface area contributed by atoms with E-state index in [4.69, 9.17) is 12.2 Å². The Kier molecular flexibility index (Phi) is 5.48. The van der Waals surface area contributed by atoms with Crippen molar-refractivity contribution in [3.8, 4) is 11.5 Å². The molecule has 6 nitrogen and oxygen atoms in total. The van der Waals surface area contributed by atoms with E-state index in [-0.39, 0.29) is 22.2 Å². The van der Waals surface area contributed by atoms with Gasteiger partial charge in [0, 0.05) is 0 Å². The highest BCUT2D eigenvalue weighted by Crippen LogP contribution is 2.40. The van der Waals surface area contributed by atoms with Crippen LogP contribution in [0.25, 0.3) is 6.08 Å². The van der Waals surface area contributed by atoms with Crippen LogP contribution in [0.1, 0.15) is 23.6 Å². The Morgan fingerprint density at radius 2 is 1.85 bits per heavy atom. The fourth-order valence-corrected chi connectivity index (χ4v) is 4.09. The van der Waals surface area contributed by atoms with Crippen LogP contribution in [0.2, 0.25) is 0 Å². The number of carbonyl (C=O) groups excluding carboxylic acids is 1. The molecule has 2 aromatic carbocycles. The number of rotatable bonds is 5. The van der Waals surface area contributed by atoms with Gasteiger partial charge in [0.25, 0.3) is 5.91 Å². The summed E-state index contributed by atoms with van der Waals surface area (Å²) < 4.78 is 0.268. The standard InChI is InChI=1S/C19H15NO5S2/c21-14-7-6-11(8-15(14)22)9-16-18(25)20(19(26)27-16)13(10-17(23)24)12-4-2-1-3-5-12/h1-9,13,21-22H,10H2,(H,23,24)/b16-9+. The molecular formula is C19H15NO5S2. The number of phenolic OH excluding ortho intramolecular Hbond substituents is 2. The van der Waals surface area contributed by atoms with E-state index in [0.29, 0.717) is 16.0 Å². The monoisotopic (exact) mass is 401 g/mol. The molecule has 2 aromatic rings. The summed E-state index contributed by atoms with van der Waals surface area (Å²) in [5, 5.41) is 28.3. The summed E-state index contributed by atoms with van der Waals surface area (Å²) in [7, 11) is 0. The molecule has 0 radical (unpaired) electrons. The molecule has 27 heavy (non-hydrogen) atoms. The van der Waals surface area contributed by atoms with Crippen molar-refractivity contribution in [3.63, 3.8) is 0 Å². The van der Waals surface area contributed by atoms with Crippen LogP contribution >= 0.6 is 24.0 Å². The zero-order valence-corrected chi connectivity index (χ0v) is 15.5. The molecule has 0 spiro atoms. The molecule has 1 amide bonds. The first-order valence-corrected chi connectivity index (χ1v) is 9.15. The molecule has 3 rings (SSSR count). The second-order valence-electron chi connectivity index (χ2n) is 5.82. The van der Waals surface area contributed by atoms with Crippen molar-refractivity contribution < 1.29 is 24.9 Å². The van der Waals surface area contributed by atoms with Crippen LogP contribution in [0.4, 0.5) is 0 Å². The smallest absolute Gasteiger partial charge is 0.305 e. The van der Waals surface area contributed by atoms with E-state index in [1.807, 2.05) is 6.07 Å². The number of aliphatic carboxylic acids is 1. The van der Waals surface area contributed by atoms with Gasteiger partial charge >= 0.3 is 5.97 Å². The molecule has 1 aliphatic rings. The van der Waals surface area contributed by atoms with Crippen LogP contribution in [-0.4, -0.2) is 36.4 Å². The van der Waals surface area contributed by atoms with Gasteiger partial charge in [-0.25, -0.2) is 0 Å². The Morgan fingerprint density at radius 1 is 1.15 bits per heavy atom. The van der Waals surface area contributed by atoms with Crippen molar-refractivity contribution in [2.75, 3.05) is 0 Å². The molecule has 0 saturated carbocycles. The van der Waals surface area contributed by atoms with Crippen molar-refractivity contribution in [2.45, 2.75) is 12.5 Å². The van der Waals surface area contributed by atoms with Gasteiger partial charge in [-0.1, -0.05) is 60.4 Å². The first-order chi connectivity index (χ1) is 12.9. The second kappa shape index (κ2) is 7.81. The lowest BCUT2D eigenvalue weighted by molar-refractivity contribution is -0.138. The van der Waals surface area contributed by atoms with Gasteiger partial charge in [-0.05, 0) is 29.3 Å². The summed E-state index contributed by atoms with van der Waals surface area (Å²) in [5.41, 5.74) is 1.19. The van der Waals surface area contributed by atoms with Crippen LogP contribution < -0.4 is 0 Å². The maximum absolute atomic E-state index is 12.9. The molecule has 8 heteroatoms. The summed E-state index contributed by atoms with van der Waals surface area (Å²) in [6, 6.07) is 12.4. The van der Waals surface area contributed by atoms with Gasteiger partial charge in [-0.3, -0.25) is 14.5 Å². The van der Waals surface area contributed by atoms with E-state index in [2.05, 4.69) is 0 Å². The molecule has 1 atom stereocenters. The van der Waals surface area contributed by atoms with Gasteiger partial charge in [-0.2, -0.15) is 0 Å². The molecule has 138 valence electrons. The minimum atomic E-state index is -1.04. The molecule has 0 aromatic heterocycles. The molecule has 1 unspecified atom stereocenters. The Balaban J connectivity index is 1.95. The van der Waals surface area contributed by atoms with Crippen molar-refractivity contribution in [1.82, 2.24) is 4.90 Å². The maximum atomic E-state index is 12.9. The van der Waals surface area contributed by atoms with Crippen LogP contribution in [0.5, 0.6) is 11.5 Å². The summed E-state index contributed by atoms with van der Waals surface area (Å²) in [5.74, 6) is -1.99. The van der Waals surface area contributed by atoms with Gasteiger partial charge in [0.1, 0.15) is 4.32 Å². The summed E-state index contributed by atoms with van der Waals surface area (Å²) in [4.78, 5) is 25.9. The van der Waals surface area contributed by atoms with Crippen LogP contribution in [0, 0.1) is 0 Å². The van der Waals surface area contributed by atoms with Crippen LogP contribution in [0.15, 0.2) is 53.4 Å². The molecule has 1 heterocycles. The lowest BCUT2D eigenvalue weighted by Crippen LogP contribution is -2.34. The molecular weight excluding hydrogens is 386 g/mol. The third-order valence-corrected chi connectivity index (χ3v) is 5.32. The Morgan fingerprint density at radius 3 is 2.48 bits per heavy atom. The summed E-state index contributed by atoms with van der Waals surface area (Å²) in [6.07, 6.45) is 1.27. The van der Waals surface area contributed by atoms with Crippen LogP contribution in [-0.2, 0) is 9.59 Å². The second-order valence-corrected chi connectivity index (χ2v) is 7.50. The highest BCUT2D eigenvalue weighted by Gasteiger charge is 2.38. The normalized spacial score (nSPS) is 16.7. The van der Waals surface area contributed by atoms with E-state index >= 15 is 0 Å². The van der Waals surface area contributed by atoms with E-state index < -0.39 is 17.9 Å². The SMILES string of the molecule is O=C(O)CC(c1ccccc1)N1C(=O)/C(=C\c2ccc(O)c(O)c2)SC1=S. The number of phenols is 2. The first-order valence-electron chi connectivity index (χ1n) is 7.92. The number of nitrogens with zero attached hydrogens (tertiary/aromatic N) is 1. The van der Waals surface area contributed by atoms with Gasteiger partial charge < -0.3 is 15.3 Å². The van der Waals surface area contributed by atoms with Gasteiger partial charge in [0.05, 0.1) is 17.4 Å². The predicted octanol–water partition coefficient (Wildman–Crippen LogP) is 3.52. The quantitative estimate of drug-likeness (QED) is 0.401. The Bertz CT molecular complexity index is 942. The zero-order valence-electron chi connectivity index (χ0n) is 13.9. The van der Waals surface area contributed by atoms with E-state index in [1.165, 1.54) is 17.0 Å².